The Kier molecular flexibility index (Phi) is 5.89. The molecular weight excluding hydrogens is 363 g/mol. The number of H-pyrrole nitrogens is 1. The predicted octanol–water partition coefficient (Wildman–Crippen LogP) is 3.25. The average molecular weight is 388 g/mol. The van der Waals surface area contributed by atoms with E-state index in [-0.39, 0.29) is 0 Å². The zero-order valence-electron chi connectivity index (χ0n) is 15.8. The summed E-state index contributed by atoms with van der Waals surface area (Å²) < 4.78 is 0. The molecule has 1 heterocycles. The molecule has 1 N–H and O–H groups in total. The van der Waals surface area contributed by atoms with Crippen LogP contribution in [0, 0.1) is 0 Å². The van der Waals surface area contributed by atoms with Crippen molar-refractivity contribution in [1.82, 2.24) is 20.6 Å². The van der Waals surface area contributed by atoms with Gasteiger partial charge >= 0.3 is 166 Å². The molecule has 4 rings (SSSR count). The van der Waals surface area contributed by atoms with Gasteiger partial charge in [-0.1, -0.05) is 0 Å². The predicted molar refractivity (Wildman–Crippen MR) is 119 cm³/mol. The Morgan fingerprint density at radius 3 is 1.57 bits per heavy atom. The van der Waals surface area contributed by atoms with E-state index in [1.54, 1.807) is 0 Å². The van der Waals surface area contributed by atoms with Gasteiger partial charge in [0.1, 0.15) is 0 Å². The number of unbranched alkanes of at least 4 members (excludes halogenated alkanes) is 1. The van der Waals surface area contributed by atoms with Gasteiger partial charge in [0.2, 0.25) is 0 Å². The first-order valence-corrected chi connectivity index (χ1v) is 12.0. The van der Waals surface area contributed by atoms with Gasteiger partial charge in [-0.05, 0) is 0 Å². The van der Waals surface area contributed by atoms with Gasteiger partial charge in [0, 0.05) is 0 Å². The summed E-state index contributed by atoms with van der Waals surface area (Å²) in [5.74, 6) is 0.867. The Labute approximate surface area is 166 Å². The van der Waals surface area contributed by atoms with Crippen molar-refractivity contribution < 1.29 is 0 Å². The maximum absolute atomic E-state index is 4.02. The summed E-state index contributed by atoms with van der Waals surface area (Å²) in [5.41, 5.74) is 0. The number of hydrogen-bond acceptors (Lipinski definition) is 3. The molecule has 0 atom stereocenters. The molecule has 142 valence electrons. The van der Waals surface area contributed by atoms with Gasteiger partial charge in [0.25, 0.3) is 0 Å². The Morgan fingerprint density at radius 1 is 0.643 bits per heavy atom. The van der Waals surface area contributed by atoms with E-state index in [9.17, 15) is 0 Å². The molecule has 4 aromatic rings. The van der Waals surface area contributed by atoms with Crippen LogP contribution in [0.25, 0.3) is 0 Å². The van der Waals surface area contributed by atoms with Gasteiger partial charge in [0.15, 0.2) is 0 Å². The summed E-state index contributed by atoms with van der Waals surface area (Å²) >= 11 is 0. The molecule has 0 spiro atoms. The summed E-state index contributed by atoms with van der Waals surface area (Å²) in [7, 11) is -2.11. The van der Waals surface area contributed by atoms with Crippen LogP contribution < -0.4 is 15.9 Å². The van der Waals surface area contributed by atoms with Crippen LogP contribution in [0.15, 0.2) is 91.0 Å². The van der Waals surface area contributed by atoms with Crippen LogP contribution in [0.1, 0.15) is 18.7 Å². The van der Waals surface area contributed by atoms with E-state index in [2.05, 4.69) is 112 Å². The van der Waals surface area contributed by atoms with Crippen molar-refractivity contribution in [3.63, 3.8) is 0 Å². The zero-order valence-corrected chi connectivity index (χ0v) is 16.8. The van der Waals surface area contributed by atoms with Crippen molar-refractivity contribution in [2.24, 2.45) is 0 Å². The first-order chi connectivity index (χ1) is 13.9. The molecule has 0 saturated heterocycles. The van der Waals surface area contributed by atoms with Crippen LogP contribution >= 0.6 is 7.26 Å². The number of nitrogens with zero attached hydrogens (tertiary/aromatic N) is 3. The van der Waals surface area contributed by atoms with Gasteiger partial charge in [-0.15, -0.1) is 0 Å². The van der Waals surface area contributed by atoms with E-state index < -0.39 is 7.26 Å². The SMILES string of the molecule is c1ccc([PH](CCCCc2nnn[nH]2)(c2ccccc2)c2ccccc2)cc1. The molecule has 0 aliphatic carbocycles. The molecule has 0 aliphatic heterocycles. The first-order valence-electron chi connectivity index (χ1n) is 9.79. The van der Waals surface area contributed by atoms with E-state index in [1.807, 2.05) is 0 Å². The maximum atomic E-state index is 4.02. The summed E-state index contributed by atoms with van der Waals surface area (Å²) in [5, 5.41) is 18.6. The molecule has 0 fully saturated rings. The average Bonchev–Trinajstić information content (AvgIpc) is 3.30. The van der Waals surface area contributed by atoms with Gasteiger partial charge < -0.3 is 0 Å². The first kappa shape index (κ1) is 18.5. The fourth-order valence-electron chi connectivity index (χ4n) is 4.07. The number of tetrazole rings is 1. The van der Waals surface area contributed by atoms with Gasteiger partial charge in [0.05, 0.1) is 0 Å². The van der Waals surface area contributed by atoms with Crippen LogP contribution in [-0.2, 0) is 6.42 Å². The van der Waals surface area contributed by atoms with E-state index in [4.69, 9.17) is 0 Å². The minimum absolute atomic E-state index is 0.867. The standard InChI is InChI=1S/C23H25N4P/c1-4-12-20(13-5-1)28(21-14-6-2-7-15-21,22-16-8-3-9-17-22)19-11-10-18-23-24-26-27-25-23/h1-9,12-17,28H,10-11,18-19H2,(H,24,25,26,27). The number of hydrogen-bond donors (Lipinski definition) is 1. The number of aromatic amines is 1. The van der Waals surface area contributed by atoms with Crippen LogP contribution in [0.2, 0.25) is 0 Å². The Hall–Kier alpha value is -2.84. The summed E-state index contributed by atoms with van der Waals surface area (Å²) in [4.78, 5) is 0. The van der Waals surface area contributed by atoms with Crippen molar-refractivity contribution in [3.8, 4) is 0 Å². The second-order valence-electron chi connectivity index (χ2n) is 7.06. The zero-order chi connectivity index (χ0) is 19.1. The number of benzene rings is 3. The van der Waals surface area contributed by atoms with Crippen LogP contribution in [-0.4, -0.2) is 26.8 Å². The van der Waals surface area contributed by atoms with Gasteiger partial charge in [-0.2, -0.15) is 0 Å². The van der Waals surface area contributed by atoms with E-state index in [1.165, 1.54) is 15.9 Å². The Bertz CT molecular complexity index is 861. The third-order valence-corrected chi connectivity index (χ3v) is 10.5. The molecule has 0 saturated carbocycles. The monoisotopic (exact) mass is 388 g/mol. The van der Waals surface area contributed by atoms with Crippen molar-refractivity contribution >= 4 is 23.2 Å². The number of nitrogens with one attached hydrogen (secondary N) is 1. The minimum atomic E-state index is -2.11. The number of rotatable bonds is 8. The van der Waals surface area contributed by atoms with Crippen LogP contribution in [0.3, 0.4) is 0 Å². The van der Waals surface area contributed by atoms with Gasteiger partial charge in [-0.3, -0.25) is 0 Å². The van der Waals surface area contributed by atoms with Crippen molar-refractivity contribution in [2.75, 3.05) is 6.16 Å². The van der Waals surface area contributed by atoms with Crippen LogP contribution in [0.5, 0.6) is 0 Å². The molecule has 0 radical (unpaired) electrons. The molecule has 1 aromatic heterocycles. The third kappa shape index (κ3) is 3.88. The number of aromatic nitrogens is 4. The molecule has 0 unspecified atom stereocenters. The fourth-order valence-corrected chi connectivity index (χ4v) is 9.00. The summed E-state index contributed by atoms with van der Waals surface area (Å²) in [6.45, 7) is 0. The molecule has 28 heavy (non-hydrogen) atoms. The second kappa shape index (κ2) is 8.90. The third-order valence-electron chi connectivity index (χ3n) is 5.40. The van der Waals surface area contributed by atoms with Crippen molar-refractivity contribution in [1.29, 1.82) is 0 Å². The number of aryl methyl sites for hydroxylation is 1. The molecule has 3 aromatic carbocycles. The molecule has 0 bridgehead atoms. The fraction of sp³-hybridized carbons (Fsp3) is 0.174. The van der Waals surface area contributed by atoms with Crippen LogP contribution in [0.4, 0.5) is 0 Å². The van der Waals surface area contributed by atoms with E-state index in [0.29, 0.717) is 0 Å². The molecule has 5 heteroatoms. The van der Waals surface area contributed by atoms with Gasteiger partial charge in [-0.25, -0.2) is 0 Å². The molecular formula is C23H25N4P. The molecule has 0 aliphatic rings. The second-order valence-corrected chi connectivity index (χ2v) is 11.1. The van der Waals surface area contributed by atoms with E-state index in [0.717, 1.165) is 31.2 Å². The summed E-state index contributed by atoms with van der Waals surface area (Å²) in [6.07, 6.45) is 4.24. The quantitative estimate of drug-likeness (QED) is 0.372. The molecule has 4 nitrogen and oxygen atoms in total. The van der Waals surface area contributed by atoms with E-state index >= 15 is 0 Å². The topological polar surface area (TPSA) is 54.5 Å². The normalized spacial score (nSPS) is 12.0. The van der Waals surface area contributed by atoms with Crippen molar-refractivity contribution in [2.45, 2.75) is 19.3 Å². The summed E-state index contributed by atoms with van der Waals surface area (Å²) in [6, 6.07) is 33.2. The van der Waals surface area contributed by atoms with Crippen molar-refractivity contribution in [3.05, 3.63) is 96.8 Å². The Balaban J connectivity index is 1.72. The Morgan fingerprint density at radius 2 is 1.14 bits per heavy atom. The molecule has 0 amide bonds.